The fraction of sp³-hybridized carbons (Fsp3) is 0.800. The molecule has 2 fully saturated rings. The van der Waals surface area contributed by atoms with Gasteiger partial charge in [-0.1, -0.05) is 51.9 Å². The average Bonchev–Trinajstić information content (AvgIpc) is 2.77. The molecule has 28 heavy (non-hydrogen) atoms. The van der Waals surface area contributed by atoms with Crippen molar-refractivity contribution in [1.29, 1.82) is 5.26 Å². The molecule has 1 aromatic rings. The number of rotatable bonds is 9. The lowest BCUT2D eigenvalue weighted by atomic mass is 9.77. The molecule has 1 heterocycles. The Morgan fingerprint density at radius 3 is 2.07 bits per heavy atom. The zero-order chi connectivity index (χ0) is 19.6. The van der Waals surface area contributed by atoms with Crippen molar-refractivity contribution < 1.29 is 0 Å². The second kappa shape index (κ2) is 11.5. The van der Waals surface area contributed by atoms with Gasteiger partial charge in [0.15, 0.2) is 0 Å². The number of aromatic nitrogens is 2. The monoisotopic (exact) mass is 381 g/mol. The van der Waals surface area contributed by atoms with Crippen molar-refractivity contribution in [2.24, 2.45) is 11.8 Å². The van der Waals surface area contributed by atoms with Gasteiger partial charge >= 0.3 is 0 Å². The summed E-state index contributed by atoms with van der Waals surface area (Å²) in [6.45, 7) is 2.29. The van der Waals surface area contributed by atoms with Gasteiger partial charge in [0, 0.05) is 24.2 Å². The summed E-state index contributed by atoms with van der Waals surface area (Å²) in [5.74, 6) is 3.35. The Morgan fingerprint density at radius 1 is 0.821 bits per heavy atom. The molecule has 0 unspecified atom stereocenters. The molecule has 3 heteroatoms. The summed E-state index contributed by atoms with van der Waals surface area (Å²) in [6, 6.07) is 2.41. The highest BCUT2D eigenvalue weighted by atomic mass is 14.9. The third-order valence-electron chi connectivity index (χ3n) is 7.25. The number of nitrogens with zero attached hydrogens (tertiary/aromatic N) is 3. The molecule has 0 amide bonds. The fourth-order valence-electron chi connectivity index (χ4n) is 5.25. The van der Waals surface area contributed by atoms with E-state index in [4.69, 9.17) is 15.2 Å². The van der Waals surface area contributed by atoms with Crippen molar-refractivity contribution in [2.45, 2.75) is 115 Å². The highest BCUT2D eigenvalue weighted by molar-refractivity contribution is 5.14. The first kappa shape index (κ1) is 21.3. The summed E-state index contributed by atoms with van der Waals surface area (Å²) in [4.78, 5) is 9.48. The van der Waals surface area contributed by atoms with E-state index >= 15 is 0 Å². The van der Waals surface area contributed by atoms with Crippen LogP contribution in [0, 0.1) is 23.2 Å². The molecule has 0 aromatic carbocycles. The fourth-order valence-corrected chi connectivity index (χ4v) is 5.25. The minimum atomic E-state index is 0.252. The lowest BCUT2D eigenvalue weighted by Crippen LogP contribution is -2.16. The third kappa shape index (κ3) is 6.29. The maximum atomic E-state index is 9.06. The Labute approximate surface area is 172 Å². The SMILES string of the molecule is CCCCCCCCC1CCC(c2cnc(C3CCC(C#N)CC3)nc2)CC1. The molecule has 0 N–H and O–H groups in total. The van der Waals surface area contributed by atoms with E-state index in [2.05, 4.69) is 25.4 Å². The van der Waals surface area contributed by atoms with Crippen molar-refractivity contribution in [3.05, 3.63) is 23.8 Å². The lowest BCUT2D eigenvalue weighted by Gasteiger charge is -2.29. The summed E-state index contributed by atoms with van der Waals surface area (Å²) in [6.07, 6.45) is 23.7. The molecule has 0 radical (unpaired) electrons. The van der Waals surface area contributed by atoms with Gasteiger partial charge in [0.1, 0.15) is 5.82 Å². The number of hydrogen-bond acceptors (Lipinski definition) is 3. The first-order valence-corrected chi connectivity index (χ1v) is 12.0. The average molecular weight is 382 g/mol. The van der Waals surface area contributed by atoms with Gasteiger partial charge in [-0.2, -0.15) is 5.26 Å². The van der Waals surface area contributed by atoms with Crippen molar-refractivity contribution in [3.8, 4) is 6.07 Å². The van der Waals surface area contributed by atoms with Crippen molar-refractivity contribution in [2.75, 3.05) is 0 Å². The molecule has 3 rings (SSSR count). The first-order chi connectivity index (χ1) is 13.8. The van der Waals surface area contributed by atoms with Crippen LogP contribution in [0.15, 0.2) is 12.4 Å². The number of nitriles is 1. The topological polar surface area (TPSA) is 49.6 Å². The molecule has 0 aliphatic heterocycles. The van der Waals surface area contributed by atoms with Gasteiger partial charge in [0.2, 0.25) is 0 Å². The van der Waals surface area contributed by atoms with Crippen LogP contribution in [0.2, 0.25) is 0 Å². The van der Waals surface area contributed by atoms with Gasteiger partial charge in [-0.15, -0.1) is 0 Å². The summed E-state index contributed by atoms with van der Waals surface area (Å²) < 4.78 is 0. The minimum Gasteiger partial charge on any atom is -0.241 e. The quantitative estimate of drug-likeness (QED) is 0.422. The van der Waals surface area contributed by atoms with E-state index in [0.29, 0.717) is 11.8 Å². The van der Waals surface area contributed by atoms with E-state index < -0.39 is 0 Å². The molecule has 0 saturated heterocycles. The molecule has 0 atom stereocenters. The molecule has 1 aromatic heterocycles. The molecule has 154 valence electrons. The van der Waals surface area contributed by atoms with Crippen LogP contribution in [0.4, 0.5) is 0 Å². The van der Waals surface area contributed by atoms with Crippen LogP contribution in [-0.4, -0.2) is 9.97 Å². The van der Waals surface area contributed by atoms with Crippen LogP contribution < -0.4 is 0 Å². The van der Waals surface area contributed by atoms with Crippen molar-refractivity contribution >= 4 is 0 Å². The minimum absolute atomic E-state index is 0.252. The van der Waals surface area contributed by atoms with Crippen LogP contribution in [0.3, 0.4) is 0 Å². The largest absolute Gasteiger partial charge is 0.241 e. The molecule has 2 saturated carbocycles. The van der Waals surface area contributed by atoms with E-state index in [1.54, 1.807) is 0 Å². The number of hydrogen-bond donors (Lipinski definition) is 0. The van der Waals surface area contributed by atoms with Crippen LogP contribution >= 0.6 is 0 Å². The normalized spacial score (nSPS) is 28.0. The van der Waals surface area contributed by atoms with E-state index in [-0.39, 0.29) is 5.92 Å². The summed E-state index contributed by atoms with van der Waals surface area (Å²) in [5.41, 5.74) is 1.35. The van der Waals surface area contributed by atoms with Gasteiger partial charge in [-0.25, -0.2) is 9.97 Å². The maximum absolute atomic E-state index is 9.06. The van der Waals surface area contributed by atoms with E-state index in [1.165, 1.54) is 76.2 Å². The predicted octanol–water partition coefficient (Wildman–Crippen LogP) is 7.30. The van der Waals surface area contributed by atoms with Gasteiger partial charge in [-0.3, -0.25) is 0 Å². The summed E-state index contributed by atoms with van der Waals surface area (Å²) in [7, 11) is 0. The molecule has 0 spiro atoms. The molecular formula is C25H39N3. The van der Waals surface area contributed by atoms with Gasteiger partial charge in [-0.05, 0) is 68.8 Å². The molecule has 3 nitrogen and oxygen atoms in total. The Hall–Kier alpha value is -1.43. The zero-order valence-electron chi connectivity index (χ0n) is 17.9. The lowest BCUT2D eigenvalue weighted by molar-refractivity contribution is 0.301. The van der Waals surface area contributed by atoms with Gasteiger partial charge in [0.25, 0.3) is 0 Å². The Balaban J connectivity index is 1.37. The highest BCUT2D eigenvalue weighted by Gasteiger charge is 2.25. The molecular weight excluding hydrogens is 342 g/mol. The highest BCUT2D eigenvalue weighted by Crippen LogP contribution is 2.38. The summed E-state index contributed by atoms with van der Waals surface area (Å²) in [5, 5.41) is 9.06. The van der Waals surface area contributed by atoms with Crippen molar-refractivity contribution in [3.63, 3.8) is 0 Å². The Morgan fingerprint density at radius 2 is 1.43 bits per heavy atom. The molecule has 2 aliphatic carbocycles. The number of unbranched alkanes of at least 4 members (excludes halogenated alkanes) is 5. The molecule has 2 aliphatic rings. The Bertz CT molecular complexity index is 587. The van der Waals surface area contributed by atoms with Crippen LogP contribution in [0.1, 0.15) is 126 Å². The van der Waals surface area contributed by atoms with Crippen LogP contribution in [0.25, 0.3) is 0 Å². The Kier molecular flexibility index (Phi) is 8.77. The molecule has 0 bridgehead atoms. The van der Waals surface area contributed by atoms with E-state index in [0.717, 1.165) is 37.4 Å². The smallest absolute Gasteiger partial charge is 0.131 e. The first-order valence-electron chi connectivity index (χ1n) is 12.0. The van der Waals surface area contributed by atoms with Crippen molar-refractivity contribution in [1.82, 2.24) is 9.97 Å². The second-order valence-electron chi connectivity index (χ2n) is 9.33. The second-order valence-corrected chi connectivity index (χ2v) is 9.33. The van der Waals surface area contributed by atoms with Gasteiger partial charge in [0.05, 0.1) is 6.07 Å². The van der Waals surface area contributed by atoms with Gasteiger partial charge < -0.3 is 0 Å². The standard InChI is InChI=1S/C25H39N3/c1-2-3-4-5-6-7-8-20-9-13-22(14-10-20)24-18-27-25(28-19-24)23-15-11-21(17-26)12-16-23/h18-23H,2-16H2,1H3. The zero-order valence-corrected chi connectivity index (χ0v) is 17.9. The third-order valence-corrected chi connectivity index (χ3v) is 7.25. The maximum Gasteiger partial charge on any atom is 0.131 e. The summed E-state index contributed by atoms with van der Waals surface area (Å²) >= 11 is 0. The van der Waals surface area contributed by atoms with E-state index in [1.807, 2.05) is 0 Å². The van der Waals surface area contributed by atoms with E-state index in [9.17, 15) is 0 Å². The predicted molar refractivity (Wildman–Crippen MR) is 115 cm³/mol. The van der Waals surface area contributed by atoms with Crippen LogP contribution in [0.5, 0.6) is 0 Å². The van der Waals surface area contributed by atoms with Crippen LogP contribution in [-0.2, 0) is 0 Å².